The van der Waals surface area contributed by atoms with Crippen molar-refractivity contribution in [3.05, 3.63) is 0 Å². The molecule has 0 radical (unpaired) electrons. The average molecular weight is 282 g/mol. The summed E-state index contributed by atoms with van der Waals surface area (Å²) in [5.41, 5.74) is 0. The zero-order chi connectivity index (χ0) is 14.5. The van der Waals surface area contributed by atoms with Gasteiger partial charge in [-0.05, 0) is 44.6 Å². The zero-order valence-electron chi connectivity index (χ0n) is 13.0. The summed E-state index contributed by atoms with van der Waals surface area (Å²) in [5, 5.41) is 13.1. The normalized spacial score (nSPS) is 31.1. The molecular weight excluding hydrogens is 252 g/mol. The van der Waals surface area contributed by atoms with Crippen LogP contribution in [0.3, 0.4) is 0 Å². The van der Waals surface area contributed by atoms with Gasteiger partial charge in [-0.25, -0.2) is 0 Å². The highest BCUT2D eigenvalue weighted by molar-refractivity contribution is 5.78. The highest BCUT2D eigenvalue weighted by Gasteiger charge is 2.38. The molecule has 1 amide bonds. The SMILES string of the molecule is CC(C)CCNC(=O)CN1CCCC1C1CCCC1O. The maximum absolute atomic E-state index is 12.0. The van der Waals surface area contributed by atoms with E-state index in [0.717, 1.165) is 51.6 Å². The molecule has 2 aliphatic rings. The lowest BCUT2D eigenvalue weighted by Crippen LogP contribution is -2.44. The first-order chi connectivity index (χ1) is 9.58. The minimum atomic E-state index is -0.149. The highest BCUT2D eigenvalue weighted by Crippen LogP contribution is 2.35. The first-order valence-corrected chi connectivity index (χ1v) is 8.26. The Hall–Kier alpha value is -0.610. The Kier molecular flexibility index (Phi) is 5.85. The van der Waals surface area contributed by atoms with Crippen molar-refractivity contribution >= 4 is 5.91 Å². The fourth-order valence-corrected chi connectivity index (χ4v) is 3.69. The van der Waals surface area contributed by atoms with E-state index in [-0.39, 0.29) is 12.0 Å². The fourth-order valence-electron chi connectivity index (χ4n) is 3.69. The largest absolute Gasteiger partial charge is 0.393 e. The quantitative estimate of drug-likeness (QED) is 0.781. The van der Waals surface area contributed by atoms with E-state index in [9.17, 15) is 9.90 Å². The molecule has 0 spiro atoms. The van der Waals surface area contributed by atoms with Gasteiger partial charge in [-0.2, -0.15) is 0 Å². The lowest BCUT2D eigenvalue weighted by atomic mass is 9.94. The minimum absolute atomic E-state index is 0.144. The average Bonchev–Trinajstić information content (AvgIpc) is 2.97. The van der Waals surface area contributed by atoms with Crippen molar-refractivity contribution < 1.29 is 9.90 Å². The second-order valence-electron chi connectivity index (χ2n) is 6.87. The van der Waals surface area contributed by atoms with Gasteiger partial charge in [0.25, 0.3) is 0 Å². The van der Waals surface area contributed by atoms with Crippen LogP contribution in [0.1, 0.15) is 52.4 Å². The number of nitrogens with zero attached hydrogens (tertiary/aromatic N) is 1. The van der Waals surface area contributed by atoms with Crippen LogP contribution in [0, 0.1) is 11.8 Å². The number of nitrogens with one attached hydrogen (secondary N) is 1. The molecule has 0 aromatic carbocycles. The molecule has 2 fully saturated rings. The molecule has 1 aliphatic heterocycles. The number of aliphatic hydroxyl groups excluding tert-OH is 1. The van der Waals surface area contributed by atoms with Crippen LogP contribution in [-0.2, 0) is 4.79 Å². The van der Waals surface area contributed by atoms with Crippen LogP contribution in [0.5, 0.6) is 0 Å². The van der Waals surface area contributed by atoms with E-state index in [4.69, 9.17) is 0 Å². The second-order valence-corrected chi connectivity index (χ2v) is 6.87. The molecule has 0 aromatic rings. The molecule has 3 atom stereocenters. The van der Waals surface area contributed by atoms with Crippen LogP contribution in [0.4, 0.5) is 0 Å². The van der Waals surface area contributed by atoms with Crippen LogP contribution in [0.25, 0.3) is 0 Å². The van der Waals surface area contributed by atoms with Crippen molar-refractivity contribution in [2.45, 2.75) is 64.5 Å². The van der Waals surface area contributed by atoms with Crippen LogP contribution < -0.4 is 5.32 Å². The number of amides is 1. The number of carbonyl (C=O) groups is 1. The summed E-state index contributed by atoms with van der Waals surface area (Å²) in [4.78, 5) is 14.3. The molecule has 2 rings (SSSR count). The Morgan fingerprint density at radius 3 is 2.75 bits per heavy atom. The van der Waals surface area contributed by atoms with Crippen LogP contribution in [-0.4, -0.2) is 47.7 Å². The molecule has 1 saturated heterocycles. The van der Waals surface area contributed by atoms with Crippen molar-refractivity contribution in [1.29, 1.82) is 0 Å². The van der Waals surface area contributed by atoms with Crippen molar-refractivity contribution in [1.82, 2.24) is 10.2 Å². The molecular formula is C16H30N2O2. The van der Waals surface area contributed by atoms with E-state index in [0.29, 0.717) is 24.4 Å². The molecule has 0 aromatic heterocycles. The van der Waals surface area contributed by atoms with Gasteiger partial charge in [0, 0.05) is 18.5 Å². The summed E-state index contributed by atoms with van der Waals surface area (Å²) in [6.07, 6.45) is 6.39. The molecule has 2 N–H and O–H groups in total. The summed E-state index contributed by atoms with van der Waals surface area (Å²) in [6.45, 7) is 6.63. The third kappa shape index (κ3) is 4.19. The molecule has 20 heavy (non-hydrogen) atoms. The van der Waals surface area contributed by atoms with Gasteiger partial charge in [-0.15, -0.1) is 0 Å². The van der Waals surface area contributed by atoms with Crippen LogP contribution in [0.2, 0.25) is 0 Å². The summed E-state index contributed by atoms with van der Waals surface area (Å²) in [5.74, 6) is 1.16. The molecule has 1 heterocycles. The summed E-state index contributed by atoms with van der Waals surface area (Å²) in [7, 11) is 0. The lowest BCUT2D eigenvalue weighted by molar-refractivity contribution is -0.122. The molecule has 4 nitrogen and oxygen atoms in total. The van der Waals surface area contributed by atoms with E-state index in [1.54, 1.807) is 0 Å². The van der Waals surface area contributed by atoms with Gasteiger partial charge in [-0.1, -0.05) is 20.3 Å². The number of hydrogen-bond acceptors (Lipinski definition) is 3. The van der Waals surface area contributed by atoms with Gasteiger partial charge in [0.1, 0.15) is 0 Å². The van der Waals surface area contributed by atoms with Gasteiger partial charge < -0.3 is 10.4 Å². The van der Waals surface area contributed by atoms with E-state index in [1.165, 1.54) is 0 Å². The molecule has 1 saturated carbocycles. The number of rotatable bonds is 6. The monoisotopic (exact) mass is 282 g/mol. The first-order valence-electron chi connectivity index (χ1n) is 8.26. The Bertz CT molecular complexity index is 320. The zero-order valence-corrected chi connectivity index (χ0v) is 13.0. The van der Waals surface area contributed by atoms with Crippen LogP contribution >= 0.6 is 0 Å². The predicted octanol–water partition coefficient (Wildman–Crippen LogP) is 1.77. The van der Waals surface area contributed by atoms with Crippen molar-refractivity contribution in [2.24, 2.45) is 11.8 Å². The van der Waals surface area contributed by atoms with E-state index in [1.807, 2.05) is 0 Å². The third-order valence-corrected chi connectivity index (χ3v) is 4.83. The Morgan fingerprint density at radius 2 is 2.10 bits per heavy atom. The topological polar surface area (TPSA) is 52.6 Å². The summed E-state index contributed by atoms with van der Waals surface area (Å²) >= 11 is 0. The van der Waals surface area contributed by atoms with E-state index >= 15 is 0 Å². The van der Waals surface area contributed by atoms with Gasteiger partial charge in [0.05, 0.1) is 12.6 Å². The molecule has 1 aliphatic carbocycles. The smallest absolute Gasteiger partial charge is 0.234 e. The fraction of sp³-hybridized carbons (Fsp3) is 0.938. The minimum Gasteiger partial charge on any atom is -0.393 e. The van der Waals surface area contributed by atoms with Crippen molar-refractivity contribution in [3.63, 3.8) is 0 Å². The van der Waals surface area contributed by atoms with E-state index in [2.05, 4.69) is 24.1 Å². The van der Waals surface area contributed by atoms with Gasteiger partial charge in [-0.3, -0.25) is 9.69 Å². The second kappa shape index (κ2) is 7.41. The molecule has 4 heteroatoms. The molecule has 3 unspecified atom stereocenters. The number of carbonyl (C=O) groups excluding carboxylic acids is 1. The predicted molar refractivity (Wildman–Crippen MR) is 80.4 cm³/mol. The maximum Gasteiger partial charge on any atom is 0.234 e. The third-order valence-electron chi connectivity index (χ3n) is 4.83. The number of likely N-dealkylation sites (tertiary alicyclic amines) is 1. The van der Waals surface area contributed by atoms with Gasteiger partial charge >= 0.3 is 0 Å². The lowest BCUT2D eigenvalue weighted by Gasteiger charge is -2.30. The highest BCUT2D eigenvalue weighted by atomic mass is 16.3. The van der Waals surface area contributed by atoms with Gasteiger partial charge in [0.2, 0.25) is 5.91 Å². The Labute approximate surface area is 122 Å². The summed E-state index contributed by atoms with van der Waals surface area (Å²) in [6, 6.07) is 0.420. The van der Waals surface area contributed by atoms with Gasteiger partial charge in [0.15, 0.2) is 0 Å². The maximum atomic E-state index is 12.0. The number of hydrogen-bond donors (Lipinski definition) is 2. The molecule has 0 bridgehead atoms. The van der Waals surface area contributed by atoms with Crippen molar-refractivity contribution in [2.75, 3.05) is 19.6 Å². The number of aliphatic hydroxyl groups is 1. The standard InChI is InChI=1S/C16H30N2O2/c1-12(2)8-9-17-16(20)11-18-10-4-6-14(18)13-5-3-7-15(13)19/h12-15,19H,3-11H2,1-2H3,(H,17,20). The van der Waals surface area contributed by atoms with Crippen molar-refractivity contribution in [3.8, 4) is 0 Å². The van der Waals surface area contributed by atoms with Crippen LogP contribution in [0.15, 0.2) is 0 Å². The Morgan fingerprint density at radius 1 is 1.30 bits per heavy atom. The summed E-state index contributed by atoms with van der Waals surface area (Å²) < 4.78 is 0. The van der Waals surface area contributed by atoms with E-state index < -0.39 is 0 Å². The molecule has 116 valence electrons. The first kappa shape index (κ1) is 15.8. The Balaban J connectivity index is 1.77.